The van der Waals surface area contributed by atoms with Crippen molar-refractivity contribution in [2.24, 2.45) is 5.92 Å². The lowest BCUT2D eigenvalue weighted by atomic mass is 10.1. The minimum Gasteiger partial charge on any atom is -0.371 e. The van der Waals surface area contributed by atoms with Crippen LogP contribution in [-0.2, 0) is 24.3 Å². The van der Waals surface area contributed by atoms with Gasteiger partial charge in [-0.15, -0.1) is 0 Å². The second-order valence-corrected chi connectivity index (χ2v) is 7.70. The van der Waals surface area contributed by atoms with E-state index in [0.29, 0.717) is 19.0 Å². The molecule has 2 aromatic rings. The summed E-state index contributed by atoms with van der Waals surface area (Å²) in [6.45, 7) is 2.94. The standard InChI is InChI=1S/C20H26FN5O2/c21-16-5-7-17(8-6-16)24-11-9-15(13-24)12-22-19(27)14-26-20(28)25-10-3-1-2-4-18(25)23-26/h5-8,15H,1-4,9-14H2,(H,22,27)/t15-/m0/s1. The molecule has 0 saturated carbocycles. The lowest BCUT2D eigenvalue weighted by Gasteiger charge is -2.18. The Labute approximate surface area is 163 Å². The zero-order valence-electron chi connectivity index (χ0n) is 15.9. The van der Waals surface area contributed by atoms with E-state index in [1.807, 2.05) is 0 Å². The molecule has 0 unspecified atom stereocenters. The molecule has 0 aliphatic carbocycles. The summed E-state index contributed by atoms with van der Waals surface area (Å²) in [6.07, 6.45) is 4.90. The number of carbonyl (C=O) groups is 1. The normalized spacial score (nSPS) is 19.3. The molecule has 0 bridgehead atoms. The molecule has 1 fully saturated rings. The Morgan fingerprint density at radius 1 is 1.18 bits per heavy atom. The Hall–Kier alpha value is -2.64. The predicted octanol–water partition coefficient (Wildman–Crippen LogP) is 1.55. The van der Waals surface area contributed by atoms with E-state index in [9.17, 15) is 14.0 Å². The number of hydrogen-bond donors (Lipinski definition) is 1. The van der Waals surface area contributed by atoms with Crippen LogP contribution in [0.4, 0.5) is 10.1 Å². The van der Waals surface area contributed by atoms with E-state index in [2.05, 4.69) is 15.3 Å². The van der Waals surface area contributed by atoms with Gasteiger partial charge in [0.05, 0.1) is 0 Å². The first-order valence-electron chi connectivity index (χ1n) is 10.0. The summed E-state index contributed by atoms with van der Waals surface area (Å²) in [5.41, 5.74) is 0.816. The third-order valence-corrected chi connectivity index (χ3v) is 5.64. The summed E-state index contributed by atoms with van der Waals surface area (Å²) in [7, 11) is 0. The highest BCUT2D eigenvalue weighted by Gasteiger charge is 2.23. The van der Waals surface area contributed by atoms with Crippen LogP contribution in [0.1, 0.15) is 31.5 Å². The van der Waals surface area contributed by atoms with Crippen LogP contribution < -0.4 is 15.9 Å². The molecule has 1 aromatic carbocycles. The Morgan fingerprint density at radius 3 is 2.82 bits per heavy atom. The van der Waals surface area contributed by atoms with Crippen molar-refractivity contribution in [3.8, 4) is 0 Å². The van der Waals surface area contributed by atoms with Crippen molar-refractivity contribution in [3.63, 3.8) is 0 Å². The summed E-state index contributed by atoms with van der Waals surface area (Å²) in [5.74, 6) is 0.708. The Balaban J connectivity index is 1.28. The molecule has 1 N–H and O–H groups in total. The fourth-order valence-corrected chi connectivity index (χ4v) is 4.06. The van der Waals surface area contributed by atoms with E-state index >= 15 is 0 Å². The molecule has 0 radical (unpaired) electrons. The first-order valence-corrected chi connectivity index (χ1v) is 10.0. The molecule has 1 saturated heterocycles. The summed E-state index contributed by atoms with van der Waals surface area (Å²) >= 11 is 0. The number of anilines is 1. The Bertz CT molecular complexity index is 889. The number of carbonyl (C=O) groups excluding carboxylic acids is 1. The quantitative estimate of drug-likeness (QED) is 0.845. The number of amides is 1. The largest absolute Gasteiger partial charge is 0.371 e. The van der Waals surface area contributed by atoms with E-state index < -0.39 is 0 Å². The molecule has 1 atom stereocenters. The number of halogens is 1. The van der Waals surface area contributed by atoms with Gasteiger partial charge in [0, 0.05) is 38.3 Å². The van der Waals surface area contributed by atoms with Crippen LogP contribution >= 0.6 is 0 Å². The van der Waals surface area contributed by atoms with Crippen LogP contribution in [-0.4, -0.2) is 39.9 Å². The Kier molecular flexibility index (Phi) is 5.45. The minimum absolute atomic E-state index is 0.0345. The maximum Gasteiger partial charge on any atom is 0.346 e. The third-order valence-electron chi connectivity index (χ3n) is 5.64. The highest BCUT2D eigenvalue weighted by Crippen LogP contribution is 2.23. The van der Waals surface area contributed by atoms with Crippen molar-refractivity contribution in [1.82, 2.24) is 19.7 Å². The maximum atomic E-state index is 13.1. The molecule has 2 aliphatic rings. The van der Waals surface area contributed by atoms with Crippen molar-refractivity contribution < 1.29 is 9.18 Å². The molecule has 1 aromatic heterocycles. The molecule has 7 nitrogen and oxygen atoms in total. The van der Waals surface area contributed by atoms with Gasteiger partial charge in [-0.1, -0.05) is 6.42 Å². The minimum atomic E-state index is -0.237. The van der Waals surface area contributed by atoms with E-state index in [1.165, 1.54) is 16.8 Å². The first kappa shape index (κ1) is 18.7. The smallest absolute Gasteiger partial charge is 0.346 e. The zero-order valence-corrected chi connectivity index (χ0v) is 15.9. The Morgan fingerprint density at radius 2 is 2.00 bits per heavy atom. The van der Waals surface area contributed by atoms with Gasteiger partial charge in [0.2, 0.25) is 5.91 Å². The first-order chi connectivity index (χ1) is 13.6. The van der Waals surface area contributed by atoms with Crippen LogP contribution in [0, 0.1) is 11.7 Å². The van der Waals surface area contributed by atoms with Crippen molar-refractivity contribution >= 4 is 11.6 Å². The van der Waals surface area contributed by atoms with Gasteiger partial charge in [-0.05, 0) is 49.4 Å². The second kappa shape index (κ2) is 8.16. The van der Waals surface area contributed by atoms with Gasteiger partial charge in [-0.3, -0.25) is 9.36 Å². The SMILES string of the molecule is O=C(Cn1nc2n(c1=O)CCCCC2)NC[C@@H]1CCN(c2ccc(F)cc2)C1. The van der Waals surface area contributed by atoms with Crippen LogP contribution in [0.5, 0.6) is 0 Å². The van der Waals surface area contributed by atoms with E-state index in [-0.39, 0.29) is 24.0 Å². The number of nitrogens with zero attached hydrogens (tertiary/aromatic N) is 4. The highest BCUT2D eigenvalue weighted by atomic mass is 19.1. The predicted molar refractivity (Wildman–Crippen MR) is 104 cm³/mol. The van der Waals surface area contributed by atoms with Crippen molar-refractivity contribution in [2.45, 2.75) is 45.2 Å². The molecule has 3 heterocycles. The number of aromatic nitrogens is 3. The third kappa shape index (κ3) is 4.10. The van der Waals surface area contributed by atoms with E-state index in [4.69, 9.17) is 0 Å². The van der Waals surface area contributed by atoms with Crippen molar-refractivity contribution in [1.29, 1.82) is 0 Å². The van der Waals surface area contributed by atoms with Crippen LogP contribution in [0.25, 0.3) is 0 Å². The number of aryl methyl sites for hydroxylation is 1. The van der Waals surface area contributed by atoms with Gasteiger partial charge >= 0.3 is 5.69 Å². The molecule has 150 valence electrons. The van der Waals surface area contributed by atoms with Crippen LogP contribution in [0.3, 0.4) is 0 Å². The van der Waals surface area contributed by atoms with Gasteiger partial charge < -0.3 is 10.2 Å². The average molecular weight is 387 g/mol. The molecule has 28 heavy (non-hydrogen) atoms. The van der Waals surface area contributed by atoms with Crippen LogP contribution in [0.15, 0.2) is 29.1 Å². The van der Waals surface area contributed by atoms with Crippen molar-refractivity contribution in [2.75, 3.05) is 24.5 Å². The van der Waals surface area contributed by atoms with E-state index in [0.717, 1.165) is 56.7 Å². The number of hydrogen-bond acceptors (Lipinski definition) is 4. The van der Waals surface area contributed by atoms with Gasteiger partial charge in [-0.25, -0.2) is 13.9 Å². The number of fused-ring (bicyclic) bond motifs is 1. The van der Waals surface area contributed by atoms with Gasteiger partial charge in [0.1, 0.15) is 18.2 Å². The van der Waals surface area contributed by atoms with Gasteiger partial charge in [0.25, 0.3) is 0 Å². The van der Waals surface area contributed by atoms with Crippen molar-refractivity contribution in [3.05, 3.63) is 46.4 Å². The summed E-state index contributed by atoms with van der Waals surface area (Å²) in [4.78, 5) is 27.0. The fourth-order valence-electron chi connectivity index (χ4n) is 4.06. The summed E-state index contributed by atoms with van der Waals surface area (Å²) in [5, 5.41) is 7.30. The second-order valence-electron chi connectivity index (χ2n) is 7.70. The number of nitrogens with one attached hydrogen (secondary N) is 1. The number of benzene rings is 1. The molecule has 8 heteroatoms. The topological polar surface area (TPSA) is 72.2 Å². The molecular weight excluding hydrogens is 361 g/mol. The maximum absolute atomic E-state index is 13.1. The van der Waals surface area contributed by atoms with Crippen LogP contribution in [0.2, 0.25) is 0 Å². The van der Waals surface area contributed by atoms with Gasteiger partial charge in [0.15, 0.2) is 0 Å². The summed E-state index contributed by atoms with van der Waals surface area (Å²) < 4.78 is 16.1. The molecule has 4 rings (SSSR count). The zero-order chi connectivity index (χ0) is 19.5. The monoisotopic (exact) mass is 387 g/mol. The fraction of sp³-hybridized carbons (Fsp3) is 0.550. The molecule has 0 spiro atoms. The molecule has 2 aliphatic heterocycles. The molecular formula is C20H26FN5O2. The summed E-state index contributed by atoms with van der Waals surface area (Å²) in [6, 6.07) is 6.50. The lowest BCUT2D eigenvalue weighted by molar-refractivity contribution is -0.122. The molecule has 1 amide bonds. The van der Waals surface area contributed by atoms with Gasteiger partial charge in [-0.2, -0.15) is 5.10 Å². The average Bonchev–Trinajstić information content (AvgIpc) is 3.18. The van der Waals surface area contributed by atoms with E-state index in [1.54, 1.807) is 16.7 Å². The highest BCUT2D eigenvalue weighted by molar-refractivity contribution is 5.75. The number of rotatable bonds is 5. The lowest BCUT2D eigenvalue weighted by Crippen LogP contribution is -2.36.